The number of fused-ring (bicyclic) bond motifs is 3. The number of carboxylic acid groups (broad SMARTS) is 1. The molecule has 0 saturated carbocycles. The Labute approximate surface area is 584 Å². The molecule has 0 aliphatic carbocycles. The Morgan fingerprint density at radius 3 is 1.36 bits per heavy atom. The quantitative estimate of drug-likeness (QED) is 0.0179. The average Bonchev–Trinajstić information content (AvgIpc) is 1.14. The van der Waals surface area contributed by atoms with Crippen LogP contribution in [0.1, 0.15) is 21.5 Å². The molecule has 18 nitrogen and oxygen atoms in total. The van der Waals surface area contributed by atoms with Crippen molar-refractivity contribution in [3.05, 3.63) is 223 Å². The second-order valence-electron chi connectivity index (χ2n) is 16.2. The second kappa shape index (κ2) is 41.1. The summed E-state index contributed by atoms with van der Waals surface area (Å²) in [4.78, 5) is 54.6. The van der Waals surface area contributed by atoms with E-state index in [2.05, 4.69) is 63.4 Å². The Kier molecular flexibility index (Phi) is 36.8. The summed E-state index contributed by atoms with van der Waals surface area (Å²) in [6, 6.07) is 25.3. The third-order valence-electron chi connectivity index (χ3n) is 10.7. The van der Waals surface area contributed by atoms with Gasteiger partial charge in [0, 0.05) is 45.9 Å². The average molecular weight is 1480 g/mol. The molecule has 2 N–H and O–H groups in total. The van der Waals surface area contributed by atoms with Crippen molar-refractivity contribution in [2.75, 3.05) is 42.7 Å². The summed E-state index contributed by atoms with van der Waals surface area (Å²) in [6.45, 7) is 0. The van der Waals surface area contributed by atoms with E-state index in [9.17, 15) is 54.5 Å². The standard InChI is InChI=1S/C10H7ClFNO.C10H7F2NO.C10H8FN3O2.C10H8FNO2.C10H9FO3.C8H7FO2.Cl3OP.Cs.FH/c1-14-9-4-6-2-3-13-10(11)7(6)5-8(9)12;1-14-9-4-6-2-3-13-10(12)7(6)5-8(9)11;1-16-9-6-7(2-4-8(9)11)3-5-10(15)13-14-12;1-14-9-4-6-2-3-12-10(13)7(6)5-8(9)11;1-14-9-6-7(2-4-8(9)11)3-5-10(12)13;1-11-8-4-6(5-10)2-3-7(8)9;1-5(2,3)4;;/h2*2-5H,1H3;2-6H,1H3;2-5H,1H3,(H,12,13);2-6H,1H3,(H,12,13);2-5H,1H3;;;1H/q;;;;;;;+1;/p-1/b;;5-3+;;5-3+;;;;. The van der Waals surface area contributed by atoms with Crippen LogP contribution in [-0.4, -0.2) is 80.9 Å². The van der Waals surface area contributed by atoms with Crippen molar-refractivity contribution in [1.82, 2.24) is 15.0 Å². The molecule has 0 atom stereocenters. The summed E-state index contributed by atoms with van der Waals surface area (Å²) >= 11 is 19.7. The number of azide groups is 1. The number of rotatable bonds is 11. The van der Waals surface area contributed by atoms with Crippen LogP contribution in [0.2, 0.25) is 5.15 Å². The number of aliphatic carboxylic acids is 1. The fraction of sp³-hybridized carbons (Fsp3) is 0.103. The number of benzene rings is 6. The van der Waals surface area contributed by atoms with Crippen LogP contribution in [0.15, 0.2) is 150 Å². The minimum absolute atomic E-state index is 0. The normalized spacial score (nSPS) is 10.1. The first-order valence-corrected chi connectivity index (χ1v) is 28.8. The Balaban J connectivity index is 0.000000530. The first-order chi connectivity index (χ1) is 41.7. The van der Waals surface area contributed by atoms with E-state index in [-0.39, 0.29) is 119 Å². The third kappa shape index (κ3) is 27.4. The van der Waals surface area contributed by atoms with Gasteiger partial charge in [0.25, 0.3) is 5.56 Å². The molecule has 0 spiro atoms. The maximum atomic E-state index is 13.3. The van der Waals surface area contributed by atoms with E-state index in [4.69, 9.17) is 45.9 Å². The van der Waals surface area contributed by atoms with E-state index < -0.39 is 57.9 Å². The maximum absolute atomic E-state index is 13.3. The Morgan fingerprint density at radius 2 is 0.933 bits per heavy atom. The number of amides is 1. The van der Waals surface area contributed by atoms with Gasteiger partial charge in [-0.25, -0.2) is 41.1 Å². The van der Waals surface area contributed by atoms with Crippen LogP contribution in [0.3, 0.4) is 0 Å². The number of aromatic amines is 1. The van der Waals surface area contributed by atoms with Crippen LogP contribution in [0.4, 0.5) is 30.7 Å². The number of ether oxygens (including phenoxy) is 6. The van der Waals surface area contributed by atoms with Gasteiger partial charge in [0.2, 0.25) is 11.9 Å². The number of hydrogen-bond acceptors (Lipinski definition) is 13. The van der Waals surface area contributed by atoms with Crippen molar-refractivity contribution in [2.45, 2.75) is 0 Å². The molecule has 0 saturated heterocycles. The zero-order valence-electron chi connectivity index (χ0n) is 47.7. The summed E-state index contributed by atoms with van der Waals surface area (Å²) in [5.74, 6) is -4.70. The SMILES string of the molecule is COc1cc(/C=C/C(=O)N=[N+]=[N-])ccc1F.COc1cc(/C=C/C(=O)O)ccc1F.COc1cc(C=O)ccc1F.COc1cc2cc[nH]c(=O)c2cc1F.COc1cc2ccnc(Cl)c2cc1F.COc1cc2ccnc(F)c2cc1F.O=P(Cl)(Cl)Cl.[Cs+].[F-]. The molecule has 0 aliphatic heterocycles. The molecule has 9 rings (SSSR count). The molecule has 32 heteroatoms. The van der Waals surface area contributed by atoms with Gasteiger partial charge in [-0.1, -0.05) is 29.8 Å². The monoisotopic (exact) mass is 1470 g/mol. The molecule has 90 heavy (non-hydrogen) atoms. The molecule has 0 bridgehead atoms. The summed E-state index contributed by atoms with van der Waals surface area (Å²) in [5.41, 5.74) is 9.23. The fourth-order valence-corrected chi connectivity index (χ4v) is 6.88. The number of nitrogens with one attached hydrogen (secondary N) is 1. The first kappa shape index (κ1) is 80.6. The van der Waals surface area contributed by atoms with Crippen LogP contribution in [-0.2, 0) is 14.2 Å². The van der Waals surface area contributed by atoms with Crippen LogP contribution in [0.25, 0.3) is 54.9 Å². The van der Waals surface area contributed by atoms with Gasteiger partial charge < -0.3 is 43.2 Å². The molecule has 3 heterocycles. The molecule has 0 fully saturated rings. The number of H-pyrrole nitrogens is 1. The van der Waals surface area contributed by atoms with Gasteiger partial charge in [-0.05, 0) is 181 Å². The second-order valence-corrected chi connectivity index (χ2v) is 23.2. The van der Waals surface area contributed by atoms with Crippen LogP contribution < -0.4 is 108 Å². The van der Waals surface area contributed by atoms with Crippen molar-refractivity contribution in [3.8, 4) is 34.5 Å². The van der Waals surface area contributed by atoms with Crippen molar-refractivity contribution in [2.24, 2.45) is 5.11 Å². The minimum atomic E-state index is -3.22. The third-order valence-corrected chi connectivity index (χ3v) is 11.0. The number of hydrogen-bond donors (Lipinski definition) is 2. The van der Waals surface area contributed by atoms with Crippen molar-refractivity contribution < 1.29 is 157 Å². The molecule has 0 unspecified atom stereocenters. The molecule has 3 aromatic heterocycles. The molecule has 0 radical (unpaired) electrons. The Hall–Kier alpha value is -7.37. The number of methoxy groups -OCH3 is 6. The zero-order valence-corrected chi connectivity index (χ0v) is 57.9. The molecule has 1 amide bonds. The summed E-state index contributed by atoms with van der Waals surface area (Å²) in [5, 5.41) is 11.4. The van der Waals surface area contributed by atoms with Gasteiger partial charge in [0.15, 0.2) is 69.4 Å². The van der Waals surface area contributed by atoms with E-state index in [0.717, 1.165) is 23.6 Å². The van der Waals surface area contributed by atoms with Gasteiger partial charge in [-0.15, -0.1) is 0 Å². The predicted octanol–water partition coefficient (Wildman–Crippen LogP) is 10.3. The van der Waals surface area contributed by atoms with E-state index in [1.54, 1.807) is 30.5 Å². The van der Waals surface area contributed by atoms with E-state index in [1.807, 2.05) is 0 Å². The van der Waals surface area contributed by atoms with Gasteiger partial charge in [0.1, 0.15) is 11.4 Å². The largest absolute Gasteiger partial charge is 1.00 e. The summed E-state index contributed by atoms with van der Waals surface area (Å²) < 4.78 is 129. The fourth-order valence-electron chi connectivity index (χ4n) is 6.66. The summed E-state index contributed by atoms with van der Waals surface area (Å²) in [6.07, 6.45) is 9.89. The number of carbonyl (C=O) groups is 3. The van der Waals surface area contributed by atoms with Gasteiger partial charge in [-0.2, -0.15) is 4.39 Å². The smallest absolute Gasteiger partial charge is 1.00 e. The van der Waals surface area contributed by atoms with Gasteiger partial charge in [-0.3, -0.25) is 18.9 Å². The molecule has 0 aliphatic rings. The number of carbonyl (C=O) groups excluding carboxylic acids is 2. The van der Waals surface area contributed by atoms with Crippen molar-refractivity contribution in [1.29, 1.82) is 0 Å². The number of pyridine rings is 3. The number of aromatic nitrogens is 3. The van der Waals surface area contributed by atoms with Crippen LogP contribution >= 0.6 is 50.5 Å². The Morgan fingerprint density at radius 1 is 0.567 bits per heavy atom. The molecule has 9 aromatic rings. The number of carboxylic acids is 1. The Bertz CT molecular complexity index is 4040. The zero-order chi connectivity index (χ0) is 65.7. The predicted molar refractivity (Wildman–Crippen MR) is 322 cm³/mol. The number of nitrogens with zero attached hydrogens (tertiary/aromatic N) is 5. The molecule has 470 valence electrons. The van der Waals surface area contributed by atoms with Gasteiger partial charge >= 0.3 is 80.1 Å². The molecular formula is C58H46Cl4CsF8N6O12P. The first-order valence-electron chi connectivity index (χ1n) is 24.0. The van der Waals surface area contributed by atoms with Crippen molar-refractivity contribution >= 4 is 113 Å². The van der Waals surface area contributed by atoms with Crippen molar-refractivity contribution in [3.63, 3.8) is 0 Å². The van der Waals surface area contributed by atoms with E-state index in [0.29, 0.717) is 49.7 Å². The molecular weight excluding hydrogens is 1430 g/mol. The van der Waals surface area contributed by atoms with E-state index in [1.165, 1.54) is 146 Å². The van der Waals surface area contributed by atoms with Crippen LogP contribution in [0.5, 0.6) is 34.5 Å². The maximum Gasteiger partial charge on any atom is 1.00 e. The number of aldehydes is 1. The molecule has 6 aromatic carbocycles. The topological polar surface area (TPSA) is 251 Å². The van der Waals surface area contributed by atoms with Gasteiger partial charge in [0.05, 0.1) is 48.0 Å². The van der Waals surface area contributed by atoms with E-state index >= 15 is 0 Å². The van der Waals surface area contributed by atoms with Crippen LogP contribution in [0, 0.1) is 40.9 Å². The minimum Gasteiger partial charge on any atom is -1.00 e. The number of halogens is 12. The summed E-state index contributed by atoms with van der Waals surface area (Å²) in [7, 11) is 8.22.